The van der Waals surface area contributed by atoms with E-state index in [2.05, 4.69) is 10.6 Å². The molecule has 0 heterocycles. The maximum absolute atomic E-state index is 11.9. The first-order valence-corrected chi connectivity index (χ1v) is 6.34. The molecule has 1 atom stereocenters. The van der Waals surface area contributed by atoms with Crippen molar-refractivity contribution in [1.82, 2.24) is 5.32 Å². The maximum Gasteiger partial charge on any atom is 0.335 e. The molecule has 0 saturated carbocycles. The molecule has 20 heavy (non-hydrogen) atoms. The largest absolute Gasteiger partial charge is 0.495 e. The van der Waals surface area contributed by atoms with Gasteiger partial charge in [0.05, 0.1) is 18.4 Å². The number of nitrogens with one attached hydrogen (secondary N) is 2. The fourth-order valence-corrected chi connectivity index (χ4v) is 1.47. The molecule has 1 rings (SSSR count). The molecule has 0 aliphatic heterocycles. The third-order valence-corrected chi connectivity index (χ3v) is 3.05. The molecule has 1 aromatic rings. The zero-order chi connectivity index (χ0) is 15.3. The van der Waals surface area contributed by atoms with E-state index in [1.54, 1.807) is 0 Å². The minimum absolute atomic E-state index is 0.00338. The Bertz CT molecular complexity index is 500. The van der Waals surface area contributed by atoms with Crippen molar-refractivity contribution in [3.63, 3.8) is 0 Å². The first-order chi connectivity index (χ1) is 9.35. The summed E-state index contributed by atoms with van der Waals surface area (Å²) in [5, 5.41) is 14.3. The molecule has 0 aromatic heterocycles. The molecular weight excluding hydrogens is 260 g/mol. The van der Waals surface area contributed by atoms with Gasteiger partial charge in [-0.25, -0.2) is 9.59 Å². The topological polar surface area (TPSA) is 87.7 Å². The van der Waals surface area contributed by atoms with Crippen molar-refractivity contribution in [2.45, 2.75) is 26.8 Å². The molecule has 3 N–H and O–H groups in total. The summed E-state index contributed by atoms with van der Waals surface area (Å²) in [5.74, 6) is -0.359. The standard InChI is InChI=1S/C14H20N2O4/c1-8(2)9(3)15-14(19)16-11-7-10(13(17)18)5-6-12(11)20-4/h5-9H,1-4H3,(H,17,18)(H2,15,16,19). The average molecular weight is 280 g/mol. The van der Waals surface area contributed by atoms with E-state index in [4.69, 9.17) is 9.84 Å². The number of carbonyl (C=O) groups is 2. The van der Waals surface area contributed by atoms with Gasteiger partial charge in [-0.2, -0.15) is 0 Å². The zero-order valence-corrected chi connectivity index (χ0v) is 12.1. The minimum atomic E-state index is -1.06. The van der Waals surface area contributed by atoms with Crippen molar-refractivity contribution in [3.05, 3.63) is 23.8 Å². The van der Waals surface area contributed by atoms with E-state index in [-0.39, 0.29) is 11.6 Å². The highest BCUT2D eigenvalue weighted by Crippen LogP contribution is 2.25. The quantitative estimate of drug-likeness (QED) is 0.773. The zero-order valence-electron chi connectivity index (χ0n) is 12.1. The Balaban J connectivity index is 2.87. The highest BCUT2D eigenvalue weighted by molar-refractivity contribution is 5.94. The number of hydrogen-bond donors (Lipinski definition) is 3. The number of rotatable bonds is 5. The molecule has 6 nitrogen and oxygen atoms in total. The van der Waals surface area contributed by atoms with Crippen molar-refractivity contribution in [2.24, 2.45) is 5.92 Å². The Hall–Kier alpha value is -2.24. The monoisotopic (exact) mass is 280 g/mol. The Morgan fingerprint density at radius 2 is 1.90 bits per heavy atom. The van der Waals surface area contributed by atoms with E-state index in [1.807, 2.05) is 20.8 Å². The number of aromatic carboxylic acids is 1. The Kier molecular flexibility index (Phi) is 5.37. The third kappa shape index (κ3) is 4.15. The highest BCUT2D eigenvalue weighted by atomic mass is 16.5. The van der Waals surface area contributed by atoms with E-state index >= 15 is 0 Å². The molecule has 0 fully saturated rings. The summed E-state index contributed by atoms with van der Waals surface area (Å²) < 4.78 is 5.10. The van der Waals surface area contributed by atoms with Gasteiger partial charge in [0.25, 0.3) is 0 Å². The van der Waals surface area contributed by atoms with Gasteiger partial charge in [0.2, 0.25) is 0 Å². The second-order valence-electron chi connectivity index (χ2n) is 4.85. The third-order valence-electron chi connectivity index (χ3n) is 3.05. The Labute approximate surface area is 118 Å². The van der Waals surface area contributed by atoms with Crippen LogP contribution in [0.3, 0.4) is 0 Å². The molecule has 0 bridgehead atoms. The predicted molar refractivity (Wildman–Crippen MR) is 76.4 cm³/mol. The van der Waals surface area contributed by atoms with Crippen LogP contribution in [0.25, 0.3) is 0 Å². The molecule has 0 saturated heterocycles. The van der Waals surface area contributed by atoms with Crippen LogP contribution in [0.4, 0.5) is 10.5 Å². The summed E-state index contributed by atoms with van der Waals surface area (Å²) in [6, 6.07) is 3.89. The maximum atomic E-state index is 11.9. The second-order valence-corrected chi connectivity index (χ2v) is 4.85. The molecule has 1 unspecified atom stereocenters. The fraction of sp³-hybridized carbons (Fsp3) is 0.429. The molecule has 0 aliphatic rings. The van der Waals surface area contributed by atoms with Crippen LogP contribution >= 0.6 is 0 Å². The molecule has 1 aromatic carbocycles. The van der Waals surface area contributed by atoms with Gasteiger partial charge in [0.1, 0.15) is 5.75 Å². The fourth-order valence-electron chi connectivity index (χ4n) is 1.47. The smallest absolute Gasteiger partial charge is 0.335 e. The number of amides is 2. The van der Waals surface area contributed by atoms with Crippen LogP contribution in [0.2, 0.25) is 0 Å². The van der Waals surface area contributed by atoms with Gasteiger partial charge in [0, 0.05) is 6.04 Å². The van der Waals surface area contributed by atoms with E-state index in [9.17, 15) is 9.59 Å². The first-order valence-electron chi connectivity index (χ1n) is 6.34. The summed E-state index contributed by atoms with van der Waals surface area (Å²) >= 11 is 0. The minimum Gasteiger partial charge on any atom is -0.495 e. The van der Waals surface area contributed by atoms with Crippen molar-refractivity contribution in [3.8, 4) is 5.75 Å². The van der Waals surface area contributed by atoms with Crippen LogP contribution in [-0.4, -0.2) is 30.3 Å². The van der Waals surface area contributed by atoms with Crippen molar-refractivity contribution in [1.29, 1.82) is 0 Å². The molecule has 0 spiro atoms. The van der Waals surface area contributed by atoms with Gasteiger partial charge in [-0.1, -0.05) is 13.8 Å². The van der Waals surface area contributed by atoms with E-state index in [1.165, 1.54) is 25.3 Å². The SMILES string of the molecule is COc1ccc(C(=O)O)cc1NC(=O)NC(C)C(C)C. The first kappa shape index (κ1) is 15.8. The number of hydrogen-bond acceptors (Lipinski definition) is 3. The molecule has 0 radical (unpaired) electrons. The molecule has 110 valence electrons. The lowest BCUT2D eigenvalue weighted by atomic mass is 10.1. The van der Waals surface area contributed by atoms with Crippen LogP contribution in [-0.2, 0) is 0 Å². The number of methoxy groups -OCH3 is 1. The molecular formula is C14H20N2O4. The van der Waals surface area contributed by atoms with Crippen LogP contribution in [0, 0.1) is 5.92 Å². The van der Waals surface area contributed by atoms with Gasteiger partial charge in [-0.05, 0) is 31.0 Å². The number of carboxylic acids is 1. The highest BCUT2D eigenvalue weighted by Gasteiger charge is 2.14. The lowest BCUT2D eigenvalue weighted by Gasteiger charge is -2.18. The summed E-state index contributed by atoms with van der Waals surface area (Å²) in [6.45, 7) is 5.89. The average Bonchev–Trinajstić information content (AvgIpc) is 2.38. The van der Waals surface area contributed by atoms with Crippen molar-refractivity contribution < 1.29 is 19.4 Å². The van der Waals surface area contributed by atoms with Crippen LogP contribution in [0.1, 0.15) is 31.1 Å². The van der Waals surface area contributed by atoms with E-state index in [0.29, 0.717) is 17.4 Å². The lowest BCUT2D eigenvalue weighted by Crippen LogP contribution is -2.39. The van der Waals surface area contributed by atoms with Crippen LogP contribution in [0.5, 0.6) is 5.75 Å². The normalized spacial score (nSPS) is 11.8. The summed E-state index contributed by atoms with van der Waals surface area (Å²) in [5.41, 5.74) is 0.402. The van der Waals surface area contributed by atoms with Crippen molar-refractivity contribution >= 4 is 17.7 Å². The lowest BCUT2D eigenvalue weighted by molar-refractivity contribution is 0.0697. The predicted octanol–water partition coefficient (Wildman–Crippen LogP) is 2.56. The summed E-state index contributed by atoms with van der Waals surface area (Å²) in [6.07, 6.45) is 0. The molecule has 6 heteroatoms. The van der Waals surface area contributed by atoms with Gasteiger partial charge in [-0.15, -0.1) is 0 Å². The second kappa shape index (κ2) is 6.79. The summed E-state index contributed by atoms with van der Waals surface area (Å²) in [4.78, 5) is 22.8. The number of carboxylic acid groups (broad SMARTS) is 1. The van der Waals surface area contributed by atoms with Crippen LogP contribution < -0.4 is 15.4 Å². The molecule has 0 aliphatic carbocycles. The van der Waals surface area contributed by atoms with Crippen molar-refractivity contribution in [2.75, 3.05) is 12.4 Å². The van der Waals surface area contributed by atoms with Gasteiger partial charge in [0.15, 0.2) is 0 Å². The number of benzene rings is 1. The van der Waals surface area contributed by atoms with Gasteiger partial charge in [-0.3, -0.25) is 0 Å². The van der Waals surface area contributed by atoms with Gasteiger partial charge >= 0.3 is 12.0 Å². The van der Waals surface area contributed by atoms with Gasteiger partial charge < -0.3 is 20.5 Å². The summed E-state index contributed by atoms with van der Waals surface area (Å²) in [7, 11) is 1.45. The van der Waals surface area contributed by atoms with E-state index < -0.39 is 12.0 Å². The Morgan fingerprint density at radius 3 is 2.40 bits per heavy atom. The molecule has 2 amide bonds. The number of urea groups is 1. The number of carbonyl (C=O) groups excluding carboxylic acids is 1. The Morgan fingerprint density at radius 1 is 1.25 bits per heavy atom. The number of anilines is 1. The number of ether oxygens (including phenoxy) is 1. The van der Waals surface area contributed by atoms with Crippen LogP contribution in [0.15, 0.2) is 18.2 Å². The van der Waals surface area contributed by atoms with E-state index in [0.717, 1.165) is 0 Å².